The number of urea groups is 1. The molecule has 1 atom stereocenters. The third-order valence-electron chi connectivity index (χ3n) is 5.87. The number of fused-ring (bicyclic) bond motifs is 2. The first-order valence-electron chi connectivity index (χ1n) is 10.4. The number of rotatable bonds is 4. The minimum Gasteiger partial charge on any atom is -0.383 e. The first-order valence-corrected chi connectivity index (χ1v) is 12.8. The highest BCUT2D eigenvalue weighted by molar-refractivity contribution is 7.94. The summed E-state index contributed by atoms with van der Waals surface area (Å²) >= 11 is 0.941. The van der Waals surface area contributed by atoms with Crippen molar-refractivity contribution in [2.24, 2.45) is 4.36 Å². The number of thiazole rings is 1. The number of nitriles is 1. The first-order chi connectivity index (χ1) is 14.9. The van der Waals surface area contributed by atoms with Crippen LogP contribution in [0.25, 0.3) is 0 Å². The number of nitrogens with zero attached hydrogens (tertiary/aromatic N) is 4. The van der Waals surface area contributed by atoms with Crippen LogP contribution in [0.3, 0.4) is 0 Å². The number of nitrogens with one attached hydrogen (secondary N) is 2. The summed E-state index contributed by atoms with van der Waals surface area (Å²) in [6.07, 6.45) is 7.29. The molecule has 2 aliphatic carbocycles. The maximum atomic E-state index is 13.4. The number of anilines is 1. The van der Waals surface area contributed by atoms with Crippen LogP contribution in [0.1, 0.15) is 68.1 Å². The summed E-state index contributed by atoms with van der Waals surface area (Å²) in [5.74, 6) is 0. The van der Waals surface area contributed by atoms with Gasteiger partial charge < -0.3 is 10.4 Å². The summed E-state index contributed by atoms with van der Waals surface area (Å²) in [5, 5.41) is 22.5. The van der Waals surface area contributed by atoms with E-state index in [1.54, 1.807) is 20.0 Å². The van der Waals surface area contributed by atoms with E-state index >= 15 is 0 Å². The van der Waals surface area contributed by atoms with Crippen molar-refractivity contribution in [2.45, 2.75) is 75.0 Å². The molecule has 32 heavy (non-hydrogen) atoms. The zero-order chi connectivity index (χ0) is 23.3. The molecule has 11 heteroatoms. The van der Waals surface area contributed by atoms with Crippen LogP contribution < -0.4 is 10.0 Å². The summed E-state index contributed by atoms with van der Waals surface area (Å²) in [6, 6.07) is -0.803. The van der Waals surface area contributed by atoms with E-state index in [4.69, 9.17) is 10.2 Å². The van der Waals surface area contributed by atoms with Gasteiger partial charge in [-0.05, 0) is 57.1 Å². The summed E-state index contributed by atoms with van der Waals surface area (Å²) in [7, 11) is -3.60. The number of carbonyl (C=O) groups is 1. The molecule has 0 fully saturated rings. The molecule has 4 rings (SSSR count). The number of carbonyl (C=O) groups excluding carboxylic acids is 1. The zero-order valence-electron chi connectivity index (χ0n) is 18.5. The van der Waals surface area contributed by atoms with Gasteiger partial charge in [-0.25, -0.2) is 18.7 Å². The average Bonchev–Trinajstić information content (AvgIpc) is 3.41. The number of aliphatic hydroxyl groups is 1. The number of hydrogen-bond donors (Lipinski definition) is 3. The summed E-state index contributed by atoms with van der Waals surface area (Å²) < 4.78 is 19.5. The SMILES string of the molecule is CC(C)(O)c1ncc(S(=O)(=NC(=O)Nc2c3c(nc4c2CCC4(C)C)CCC3)NC#N)s1. The van der Waals surface area contributed by atoms with Gasteiger partial charge >= 0.3 is 6.03 Å². The quantitative estimate of drug-likeness (QED) is 0.457. The van der Waals surface area contributed by atoms with Crippen molar-refractivity contribution in [3.8, 4) is 6.19 Å². The van der Waals surface area contributed by atoms with Crippen molar-refractivity contribution in [1.82, 2.24) is 14.7 Å². The van der Waals surface area contributed by atoms with Crippen LogP contribution >= 0.6 is 11.3 Å². The molecule has 0 spiro atoms. The van der Waals surface area contributed by atoms with Crippen LogP contribution in [0.4, 0.5) is 10.5 Å². The molecule has 0 saturated carbocycles. The first kappa shape index (κ1) is 22.6. The van der Waals surface area contributed by atoms with Crippen molar-refractivity contribution in [1.29, 1.82) is 5.26 Å². The second-order valence-corrected chi connectivity index (χ2v) is 12.4. The maximum Gasteiger partial charge on any atom is 0.355 e. The van der Waals surface area contributed by atoms with Gasteiger partial charge in [-0.1, -0.05) is 13.8 Å². The minimum absolute atomic E-state index is 0.0738. The standard InChI is InChI=1S/C21H26N6O3S2/c1-20(2)9-8-13-16(12-6-5-7-14(12)25-17(13)20)26-19(28)27-32(30,24-11-22)15-10-23-18(31-15)21(3,4)29/h10,29H,5-9H2,1-4H3,(H2,24,25,26,27,28,30). The van der Waals surface area contributed by atoms with E-state index in [9.17, 15) is 14.1 Å². The highest BCUT2D eigenvalue weighted by Gasteiger charge is 2.36. The molecule has 2 aliphatic rings. The topological polar surface area (TPSA) is 140 Å². The van der Waals surface area contributed by atoms with E-state index in [1.165, 1.54) is 6.20 Å². The molecule has 170 valence electrons. The normalized spacial score (nSPS) is 18.2. The monoisotopic (exact) mass is 474 g/mol. The third-order valence-corrected chi connectivity index (χ3v) is 9.35. The molecular formula is C21H26N6O3S2. The zero-order valence-corrected chi connectivity index (χ0v) is 20.1. The Morgan fingerprint density at radius 3 is 2.75 bits per heavy atom. The Morgan fingerprint density at radius 1 is 1.34 bits per heavy atom. The number of amides is 2. The van der Waals surface area contributed by atoms with Gasteiger partial charge in [0.25, 0.3) is 0 Å². The predicted molar refractivity (Wildman–Crippen MR) is 122 cm³/mol. The fourth-order valence-corrected chi connectivity index (χ4v) is 6.64. The Labute approximate surface area is 191 Å². The van der Waals surface area contributed by atoms with E-state index in [1.807, 2.05) is 0 Å². The molecule has 9 nitrogen and oxygen atoms in total. The summed E-state index contributed by atoms with van der Waals surface area (Å²) in [6.45, 7) is 7.39. The van der Waals surface area contributed by atoms with Gasteiger partial charge in [0, 0.05) is 11.1 Å². The van der Waals surface area contributed by atoms with Gasteiger partial charge in [0.2, 0.25) is 0 Å². The average molecular weight is 475 g/mol. The molecule has 2 aromatic heterocycles. The highest BCUT2D eigenvalue weighted by atomic mass is 32.2. The molecule has 0 radical (unpaired) electrons. The molecule has 0 aromatic carbocycles. The van der Waals surface area contributed by atoms with Gasteiger partial charge in [0.15, 0.2) is 16.1 Å². The maximum absolute atomic E-state index is 13.4. The second-order valence-electron chi connectivity index (χ2n) is 9.28. The second kappa shape index (κ2) is 7.79. The van der Waals surface area contributed by atoms with Crippen LogP contribution in [-0.4, -0.2) is 25.3 Å². The molecule has 3 N–H and O–H groups in total. The van der Waals surface area contributed by atoms with E-state index in [2.05, 4.69) is 33.2 Å². The summed E-state index contributed by atoms with van der Waals surface area (Å²) in [5.41, 5.74) is 3.44. The highest BCUT2D eigenvalue weighted by Crippen LogP contribution is 2.44. The fourth-order valence-electron chi connectivity index (χ4n) is 4.23. The van der Waals surface area contributed by atoms with Gasteiger partial charge in [-0.3, -0.25) is 4.98 Å². The molecule has 2 amide bonds. The molecule has 2 aromatic rings. The third kappa shape index (κ3) is 3.98. The molecular weight excluding hydrogens is 448 g/mol. The van der Waals surface area contributed by atoms with E-state index < -0.39 is 21.5 Å². The van der Waals surface area contributed by atoms with Crippen molar-refractivity contribution in [3.05, 3.63) is 33.7 Å². The Morgan fingerprint density at radius 2 is 2.09 bits per heavy atom. The van der Waals surface area contributed by atoms with Crippen molar-refractivity contribution in [3.63, 3.8) is 0 Å². The Bertz CT molecular complexity index is 1260. The fraction of sp³-hybridized carbons (Fsp3) is 0.524. The van der Waals surface area contributed by atoms with E-state index in [-0.39, 0.29) is 9.62 Å². The van der Waals surface area contributed by atoms with Crippen LogP contribution in [0.15, 0.2) is 14.8 Å². The molecule has 0 saturated heterocycles. The van der Waals surface area contributed by atoms with Gasteiger partial charge in [-0.15, -0.1) is 15.7 Å². The van der Waals surface area contributed by atoms with E-state index in [0.29, 0.717) is 5.01 Å². The molecule has 0 aliphatic heterocycles. The Hall–Kier alpha value is -2.55. The number of pyridine rings is 1. The number of aromatic nitrogens is 2. The Kier molecular flexibility index (Phi) is 5.51. The van der Waals surface area contributed by atoms with Crippen molar-refractivity contribution >= 4 is 33.0 Å². The van der Waals surface area contributed by atoms with Gasteiger partial charge in [-0.2, -0.15) is 5.26 Å². The van der Waals surface area contributed by atoms with Gasteiger partial charge in [0.1, 0.15) is 14.8 Å². The number of hydrogen-bond acceptors (Lipinski definition) is 7. The lowest BCUT2D eigenvalue weighted by atomic mass is 9.90. The minimum atomic E-state index is -3.60. The lowest BCUT2D eigenvalue weighted by Crippen LogP contribution is -2.22. The molecule has 0 bridgehead atoms. The van der Waals surface area contributed by atoms with Crippen molar-refractivity contribution < 1.29 is 14.1 Å². The Balaban J connectivity index is 1.73. The smallest absolute Gasteiger partial charge is 0.355 e. The van der Waals surface area contributed by atoms with Crippen LogP contribution in [-0.2, 0) is 40.2 Å². The lowest BCUT2D eigenvalue weighted by Gasteiger charge is -2.20. The van der Waals surface area contributed by atoms with Crippen LogP contribution in [0.5, 0.6) is 0 Å². The van der Waals surface area contributed by atoms with E-state index in [0.717, 1.165) is 71.6 Å². The molecule has 1 unspecified atom stereocenters. The largest absolute Gasteiger partial charge is 0.383 e. The molecule has 2 heterocycles. The number of aryl methyl sites for hydroxylation is 1. The van der Waals surface area contributed by atoms with Crippen LogP contribution in [0, 0.1) is 11.5 Å². The summed E-state index contributed by atoms with van der Waals surface area (Å²) in [4.78, 5) is 21.9. The van der Waals surface area contributed by atoms with Gasteiger partial charge in [0.05, 0.1) is 17.6 Å². The van der Waals surface area contributed by atoms with Crippen LogP contribution in [0.2, 0.25) is 0 Å². The van der Waals surface area contributed by atoms with Crippen molar-refractivity contribution in [2.75, 3.05) is 5.32 Å². The predicted octanol–water partition coefficient (Wildman–Crippen LogP) is 3.52. The lowest BCUT2D eigenvalue weighted by molar-refractivity contribution is 0.0783.